The Kier molecular flexibility index (Phi) is 4.14. The van der Waals surface area contributed by atoms with Crippen molar-refractivity contribution in [2.45, 2.75) is 33.7 Å². The number of anilines is 3. The number of aromatic nitrogens is 2. The minimum absolute atomic E-state index is 0.713. The molecule has 102 valence electrons. The van der Waals surface area contributed by atoms with Crippen LogP contribution in [0.4, 0.5) is 17.2 Å². The summed E-state index contributed by atoms with van der Waals surface area (Å²) in [5.41, 5.74) is 9.87. The summed E-state index contributed by atoms with van der Waals surface area (Å²) >= 11 is 3.54. The average molecular weight is 323 g/mol. The molecule has 0 bridgehead atoms. The molecule has 0 amide bonds. The second-order valence-electron chi connectivity index (χ2n) is 4.66. The van der Waals surface area contributed by atoms with E-state index in [1.807, 2.05) is 23.7 Å². The molecule has 0 saturated heterocycles. The molecule has 1 aromatic heterocycles. The number of nitrogens with zero attached hydrogens (tertiary/aromatic N) is 2. The zero-order chi connectivity index (χ0) is 14.0. The highest BCUT2D eigenvalue weighted by Gasteiger charge is 2.12. The van der Waals surface area contributed by atoms with Gasteiger partial charge in [0.1, 0.15) is 0 Å². The van der Waals surface area contributed by atoms with Crippen molar-refractivity contribution in [3.05, 3.63) is 33.9 Å². The molecule has 0 aliphatic rings. The van der Waals surface area contributed by atoms with Crippen LogP contribution in [-0.4, -0.2) is 9.78 Å². The number of nitrogens with two attached hydrogens (primary N) is 1. The topological polar surface area (TPSA) is 55.9 Å². The first-order valence-corrected chi connectivity index (χ1v) is 7.18. The quantitative estimate of drug-likeness (QED) is 0.894. The summed E-state index contributed by atoms with van der Waals surface area (Å²) in [6, 6.07) is 6.15. The highest BCUT2D eigenvalue weighted by Crippen LogP contribution is 2.28. The van der Waals surface area contributed by atoms with Crippen LogP contribution in [-0.2, 0) is 6.54 Å². The zero-order valence-corrected chi connectivity index (χ0v) is 13.1. The van der Waals surface area contributed by atoms with E-state index in [9.17, 15) is 0 Å². The van der Waals surface area contributed by atoms with Gasteiger partial charge in [-0.15, -0.1) is 0 Å². The Morgan fingerprint density at radius 1 is 1.37 bits per heavy atom. The highest BCUT2D eigenvalue weighted by molar-refractivity contribution is 9.10. The van der Waals surface area contributed by atoms with Crippen LogP contribution in [0.5, 0.6) is 0 Å². The SMILES string of the molecule is CCCn1nc(C)c(N)c1Nc1ccc(C)c(Br)c1. The lowest BCUT2D eigenvalue weighted by atomic mass is 10.2. The van der Waals surface area contributed by atoms with Gasteiger partial charge >= 0.3 is 0 Å². The van der Waals surface area contributed by atoms with Crippen molar-refractivity contribution in [2.75, 3.05) is 11.1 Å². The number of nitrogens with one attached hydrogen (secondary N) is 1. The van der Waals surface area contributed by atoms with E-state index in [4.69, 9.17) is 5.73 Å². The number of nitrogen functional groups attached to an aromatic ring is 1. The molecule has 0 radical (unpaired) electrons. The van der Waals surface area contributed by atoms with Crippen LogP contribution >= 0.6 is 15.9 Å². The normalized spacial score (nSPS) is 10.7. The fraction of sp³-hybridized carbons (Fsp3) is 0.357. The van der Waals surface area contributed by atoms with Gasteiger partial charge in [-0.3, -0.25) is 0 Å². The van der Waals surface area contributed by atoms with Gasteiger partial charge in [-0.2, -0.15) is 5.10 Å². The van der Waals surface area contributed by atoms with E-state index in [2.05, 4.69) is 46.3 Å². The third-order valence-corrected chi connectivity index (χ3v) is 3.90. The Morgan fingerprint density at radius 3 is 2.74 bits per heavy atom. The lowest BCUT2D eigenvalue weighted by Gasteiger charge is -2.11. The van der Waals surface area contributed by atoms with Gasteiger partial charge in [-0.1, -0.05) is 28.9 Å². The maximum atomic E-state index is 6.09. The number of benzene rings is 1. The Labute approximate surface area is 122 Å². The molecule has 0 atom stereocenters. The van der Waals surface area contributed by atoms with Crippen molar-refractivity contribution >= 4 is 33.1 Å². The van der Waals surface area contributed by atoms with E-state index >= 15 is 0 Å². The zero-order valence-electron chi connectivity index (χ0n) is 11.5. The van der Waals surface area contributed by atoms with Crippen LogP contribution in [0.25, 0.3) is 0 Å². The van der Waals surface area contributed by atoms with Gasteiger partial charge in [0.05, 0.1) is 11.4 Å². The van der Waals surface area contributed by atoms with Crippen LogP contribution in [0, 0.1) is 13.8 Å². The van der Waals surface area contributed by atoms with Crippen LogP contribution in [0.3, 0.4) is 0 Å². The lowest BCUT2D eigenvalue weighted by Crippen LogP contribution is -2.05. The van der Waals surface area contributed by atoms with Gasteiger partial charge < -0.3 is 11.1 Å². The van der Waals surface area contributed by atoms with Gasteiger partial charge in [0.25, 0.3) is 0 Å². The Bertz CT molecular complexity index is 589. The second-order valence-corrected chi connectivity index (χ2v) is 5.51. The van der Waals surface area contributed by atoms with Crippen LogP contribution < -0.4 is 11.1 Å². The van der Waals surface area contributed by atoms with Crippen molar-refractivity contribution < 1.29 is 0 Å². The molecule has 4 nitrogen and oxygen atoms in total. The van der Waals surface area contributed by atoms with Gasteiger partial charge in [0.15, 0.2) is 5.82 Å². The molecule has 3 N–H and O–H groups in total. The molecular weight excluding hydrogens is 304 g/mol. The van der Waals surface area contributed by atoms with Crippen molar-refractivity contribution in [2.24, 2.45) is 0 Å². The minimum Gasteiger partial charge on any atom is -0.394 e. The monoisotopic (exact) mass is 322 g/mol. The molecule has 2 aromatic rings. The van der Waals surface area contributed by atoms with Crippen molar-refractivity contribution in [3.63, 3.8) is 0 Å². The van der Waals surface area contributed by atoms with E-state index < -0.39 is 0 Å². The summed E-state index contributed by atoms with van der Waals surface area (Å²) < 4.78 is 3.01. The Hall–Kier alpha value is -1.49. The highest BCUT2D eigenvalue weighted by atomic mass is 79.9. The Balaban J connectivity index is 2.34. The third kappa shape index (κ3) is 2.92. The number of hydrogen-bond donors (Lipinski definition) is 2. The average Bonchev–Trinajstić information content (AvgIpc) is 2.62. The standard InChI is InChI=1S/C14H19BrN4/c1-4-7-19-14(13(16)10(3)18-19)17-11-6-5-9(2)12(15)8-11/h5-6,8,17H,4,7,16H2,1-3H3. The molecule has 1 aromatic carbocycles. The predicted molar refractivity (Wildman–Crippen MR) is 83.8 cm³/mol. The number of rotatable bonds is 4. The van der Waals surface area contributed by atoms with Gasteiger partial charge in [0.2, 0.25) is 0 Å². The first-order valence-electron chi connectivity index (χ1n) is 6.39. The first-order chi connectivity index (χ1) is 9.02. The third-order valence-electron chi connectivity index (χ3n) is 3.04. The maximum Gasteiger partial charge on any atom is 0.152 e. The van der Waals surface area contributed by atoms with E-state index in [0.29, 0.717) is 5.69 Å². The number of aryl methyl sites for hydroxylation is 3. The number of halogens is 1. The molecule has 0 aliphatic carbocycles. The molecular formula is C14H19BrN4. The molecule has 0 fully saturated rings. The number of hydrogen-bond acceptors (Lipinski definition) is 3. The van der Waals surface area contributed by atoms with E-state index in [0.717, 1.165) is 34.6 Å². The fourth-order valence-electron chi connectivity index (χ4n) is 1.91. The first kappa shape index (κ1) is 13.9. The predicted octanol–water partition coefficient (Wildman–Crippen LogP) is 4.00. The van der Waals surface area contributed by atoms with Gasteiger partial charge in [-0.25, -0.2) is 4.68 Å². The molecule has 5 heteroatoms. The molecule has 1 heterocycles. The smallest absolute Gasteiger partial charge is 0.152 e. The van der Waals surface area contributed by atoms with E-state index in [1.54, 1.807) is 0 Å². The van der Waals surface area contributed by atoms with Gasteiger partial charge in [-0.05, 0) is 38.0 Å². The fourth-order valence-corrected chi connectivity index (χ4v) is 2.29. The molecule has 0 unspecified atom stereocenters. The van der Waals surface area contributed by atoms with E-state index in [-0.39, 0.29) is 0 Å². The van der Waals surface area contributed by atoms with Crippen molar-refractivity contribution in [1.82, 2.24) is 9.78 Å². The molecule has 2 rings (SSSR count). The largest absolute Gasteiger partial charge is 0.394 e. The van der Waals surface area contributed by atoms with Crippen LogP contribution in [0.15, 0.2) is 22.7 Å². The summed E-state index contributed by atoms with van der Waals surface area (Å²) in [5, 5.41) is 7.81. The molecule has 0 spiro atoms. The lowest BCUT2D eigenvalue weighted by molar-refractivity contribution is 0.605. The van der Waals surface area contributed by atoms with Crippen molar-refractivity contribution in [3.8, 4) is 0 Å². The van der Waals surface area contributed by atoms with Crippen LogP contribution in [0.1, 0.15) is 24.6 Å². The summed E-state index contributed by atoms with van der Waals surface area (Å²) in [7, 11) is 0. The summed E-state index contributed by atoms with van der Waals surface area (Å²) in [4.78, 5) is 0. The summed E-state index contributed by atoms with van der Waals surface area (Å²) in [5.74, 6) is 0.870. The molecule has 0 saturated carbocycles. The Morgan fingerprint density at radius 2 is 2.11 bits per heavy atom. The maximum absolute atomic E-state index is 6.09. The van der Waals surface area contributed by atoms with Gasteiger partial charge in [0, 0.05) is 16.7 Å². The molecule has 0 aliphatic heterocycles. The van der Waals surface area contributed by atoms with Crippen LogP contribution in [0.2, 0.25) is 0 Å². The summed E-state index contributed by atoms with van der Waals surface area (Å²) in [6.45, 7) is 6.97. The minimum atomic E-state index is 0.713. The van der Waals surface area contributed by atoms with Crippen molar-refractivity contribution in [1.29, 1.82) is 0 Å². The second kappa shape index (κ2) is 5.65. The molecule has 19 heavy (non-hydrogen) atoms. The van der Waals surface area contributed by atoms with E-state index in [1.165, 1.54) is 5.56 Å². The summed E-state index contributed by atoms with van der Waals surface area (Å²) in [6.07, 6.45) is 1.02.